The highest BCUT2D eigenvalue weighted by atomic mass is 16.5. The van der Waals surface area contributed by atoms with E-state index in [1.165, 1.54) is 48.5 Å². The van der Waals surface area contributed by atoms with Gasteiger partial charge in [-0.3, -0.25) is 9.59 Å². The van der Waals surface area contributed by atoms with Crippen molar-refractivity contribution in [2.45, 2.75) is 12.0 Å². The number of phenolic OH excluding ortho intramolecular Hbond substituents is 7. The van der Waals surface area contributed by atoms with Crippen LogP contribution in [0.2, 0.25) is 0 Å². The van der Waals surface area contributed by atoms with E-state index >= 15 is 0 Å². The van der Waals surface area contributed by atoms with Crippen molar-refractivity contribution in [3.05, 3.63) is 100 Å². The van der Waals surface area contributed by atoms with Crippen molar-refractivity contribution in [2.75, 3.05) is 0 Å². The van der Waals surface area contributed by atoms with Crippen LogP contribution in [-0.4, -0.2) is 52.4 Å². The van der Waals surface area contributed by atoms with Gasteiger partial charge >= 0.3 is 0 Å². The summed E-state index contributed by atoms with van der Waals surface area (Å²) in [6, 6.07) is 13.5. The van der Waals surface area contributed by atoms with Gasteiger partial charge < -0.3 is 45.6 Å². The molecule has 0 bridgehead atoms. The first-order valence-corrected chi connectivity index (χ1v) is 12.0. The second kappa shape index (κ2) is 10.0. The maximum atomic E-state index is 13.9. The molecule has 0 saturated carbocycles. The number of allylic oxidation sites excluding steroid dienone is 1. The number of Topliss-reactive ketones (excluding diaryl/α,β-unsaturated/α-hetero) is 2. The number of hydrogen-bond donors (Lipinski definition) is 8. The minimum atomic E-state index is -1.63. The maximum Gasteiger partial charge on any atom is 0.234 e. The van der Waals surface area contributed by atoms with Gasteiger partial charge in [-0.25, -0.2) is 0 Å². The highest BCUT2D eigenvalue weighted by Gasteiger charge is 2.45. The molecule has 0 fully saturated rings. The Morgan fingerprint density at radius 3 is 1.98 bits per heavy atom. The molecule has 4 aromatic carbocycles. The normalized spacial score (nSPS) is 16.6. The number of fused-ring (bicyclic) bond motifs is 1. The van der Waals surface area contributed by atoms with Crippen molar-refractivity contribution >= 4 is 17.6 Å². The van der Waals surface area contributed by atoms with E-state index in [1.807, 2.05) is 0 Å². The Bertz CT molecular complexity index is 1720. The molecule has 41 heavy (non-hydrogen) atoms. The predicted molar refractivity (Wildman–Crippen MR) is 143 cm³/mol. The van der Waals surface area contributed by atoms with Crippen LogP contribution in [0.3, 0.4) is 0 Å². The number of aromatic hydroxyl groups is 7. The van der Waals surface area contributed by atoms with Crippen LogP contribution in [0.4, 0.5) is 0 Å². The van der Waals surface area contributed by atoms with Crippen molar-refractivity contribution in [1.82, 2.24) is 0 Å². The summed E-state index contributed by atoms with van der Waals surface area (Å²) in [4.78, 5) is 27.0. The molecule has 0 unspecified atom stereocenters. The summed E-state index contributed by atoms with van der Waals surface area (Å²) in [6.07, 6.45) is -0.315. The molecule has 0 saturated heterocycles. The molecule has 8 N–H and O–H groups in total. The van der Waals surface area contributed by atoms with E-state index in [0.29, 0.717) is 11.6 Å². The number of rotatable bonds is 5. The number of aliphatic hydroxyl groups is 1. The van der Waals surface area contributed by atoms with E-state index in [9.17, 15) is 50.4 Å². The molecular formula is C30H22O11. The number of carbonyl (C=O) groups is 2. The van der Waals surface area contributed by atoms with Crippen molar-refractivity contribution < 1.29 is 55.2 Å². The van der Waals surface area contributed by atoms with Crippen molar-refractivity contribution in [2.24, 2.45) is 0 Å². The van der Waals surface area contributed by atoms with E-state index < -0.39 is 69.2 Å². The minimum absolute atomic E-state index is 0.0585. The van der Waals surface area contributed by atoms with E-state index in [1.54, 1.807) is 0 Å². The third-order valence-corrected chi connectivity index (χ3v) is 6.64. The van der Waals surface area contributed by atoms with Gasteiger partial charge in [-0.1, -0.05) is 24.3 Å². The molecule has 0 amide bonds. The lowest BCUT2D eigenvalue weighted by Gasteiger charge is -2.34. The molecule has 0 aliphatic carbocycles. The van der Waals surface area contributed by atoms with Gasteiger partial charge in [0, 0.05) is 18.2 Å². The summed E-state index contributed by atoms with van der Waals surface area (Å²) >= 11 is 0. The van der Waals surface area contributed by atoms with Crippen LogP contribution in [0.15, 0.2) is 72.5 Å². The fourth-order valence-corrected chi connectivity index (χ4v) is 4.74. The van der Waals surface area contributed by atoms with Gasteiger partial charge in [0.25, 0.3) is 0 Å². The van der Waals surface area contributed by atoms with E-state index in [0.717, 1.165) is 18.2 Å². The topological polar surface area (TPSA) is 205 Å². The molecular weight excluding hydrogens is 536 g/mol. The minimum Gasteiger partial charge on any atom is -0.508 e. The van der Waals surface area contributed by atoms with Crippen molar-refractivity contribution in [3.8, 4) is 46.0 Å². The molecule has 11 heteroatoms. The van der Waals surface area contributed by atoms with E-state index in [4.69, 9.17) is 4.74 Å². The third kappa shape index (κ3) is 4.76. The lowest BCUT2D eigenvalue weighted by atomic mass is 9.79. The molecule has 0 radical (unpaired) electrons. The van der Waals surface area contributed by atoms with Crippen molar-refractivity contribution in [3.63, 3.8) is 0 Å². The van der Waals surface area contributed by atoms with Crippen LogP contribution in [-0.2, 0) is 0 Å². The number of carbonyl (C=O) groups excluding carboxylic acids is 2. The largest absolute Gasteiger partial charge is 0.508 e. The first-order chi connectivity index (χ1) is 19.5. The van der Waals surface area contributed by atoms with Gasteiger partial charge in [-0.15, -0.1) is 0 Å². The van der Waals surface area contributed by atoms with Gasteiger partial charge in [0.15, 0.2) is 11.5 Å². The molecule has 1 aliphatic heterocycles. The summed E-state index contributed by atoms with van der Waals surface area (Å²) in [5, 5.41) is 82.7. The quantitative estimate of drug-likeness (QED) is 0.0972. The van der Waals surface area contributed by atoms with Crippen LogP contribution in [0.1, 0.15) is 49.4 Å². The zero-order valence-corrected chi connectivity index (χ0v) is 20.9. The molecule has 1 heterocycles. The molecule has 11 nitrogen and oxygen atoms in total. The molecule has 4 aromatic rings. The average molecular weight is 558 g/mol. The fraction of sp³-hybridized carbons (Fsp3) is 0.0667. The Morgan fingerprint density at radius 1 is 0.732 bits per heavy atom. The zero-order valence-electron chi connectivity index (χ0n) is 20.9. The molecule has 5 rings (SSSR count). The Kier molecular flexibility index (Phi) is 6.55. The highest BCUT2D eigenvalue weighted by Crippen LogP contribution is 2.53. The number of hydrogen-bond acceptors (Lipinski definition) is 11. The second-order valence-corrected chi connectivity index (χ2v) is 9.31. The van der Waals surface area contributed by atoms with Gasteiger partial charge in [0.05, 0.1) is 11.5 Å². The number of phenols is 7. The molecule has 0 spiro atoms. The molecule has 2 atom stereocenters. The summed E-state index contributed by atoms with van der Waals surface area (Å²) in [6.45, 7) is 0. The van der Waals surface area contributed by atoms with Crippen LogP contribution in [0.25, 0.3) is 6.08 Å². The van der Waals surface area contributed by atoms with Crippen LogP contribution >= 0.6 is 0 Å². The Hall–Kier alpha value is -5.84. The van der Waals surface area contributed by atoms with Crippen LogP contribution in [0, 0.1) is 0 Å². The average Bonchev–Trinajstić information content (AvgIpc) is 2.90. The van der Waals surface area contributed by atoms with Gasteiger partial charge in [-0.05, 0) is 41.5 Å². The highest BCUT2D eigenvalue weighted by molar-refractivity contribution is 6.14. The maximum absolute atomic E-state index is 13.9. The summed E-state index contributed by atoms with van der Waals surface area (Å²) in [5.74, 6) is -8.85. The molecule has 208 valence electrons. The van der Waals surface area contributed by atoms with E-state index in [-0.39, 0.29) is 28.4 Å². The van der Waals surface area contributed by atoms with Gasteiger partial charge in [0.1, 0.15) is 63.2 Å². The van der Waals surface area contributed by atoms with Gasteiger partial charge in [-0.2, -0.15) is 0 Å². The summed E-state index contributed by atoms with van der Waals surface area (Å²) in [5.41, 5.74) is -1.19. The standard InChI is InChI=1S/C30H22O11/c31-15-5-1-13(2-6-15)9-21(37)27(38)25-20(36)12-19(35)24(29(25)40)26-28(39)23-18(34)10-17(33)11-22(23)41-30(26)14-3-7-16(32)8-4-14/h1-12,26,30-37,40H/b21-9-/t26-,30+/m0/s1. The number of aliphatic hydroxyl groups excluding tert-OH is 1. The number of benzene rings is 4. The zero-order chi connectivity index (χ0) is 29.6. The molecule has 0 aromatic heterocycles. The number of ketones is 2. The lowest BCUT2D eigenvalue weighted by Crippen LogP contribution is -2.30. The molecule has 1 aliphatic rings. The summed E-state index contributed by atoms with van der Waals surface area (Å²) < 4.78 is 5.96. The lowest BCUT2D eigenvalue weighted by molar-refractivity contribution is 0.0766. The van der Waals surface area contributed by atoms with Gasteiger partial charge in [0.2, 0.25) is 5.78 Å². The second-order valence-electron chi connectivity index (χ2n) is 9.31. The Labute approximate surface area is 231 Å². The number of ether oxygens (including phenoxy) is 1. The van der Waals surface area contributed by atoms with Crippen LogP contribution in [0.5, 0.6) is 46.0 Å². The summed E-state index contributed by atoms with van der Waals surface area (Å²) in [7, 11) is 0. The first kappa shape index (κ1) is 26.8. The smallest absolute Gasteiger partial charge is 0.234 e. The van der Waals surface area contributed by atoms with E-state index in [2.05, 4.69) is 0 Å². The predicted octanol–water partition coefficient (Wildman–Crippen LogP) is 4.51. The monoisotopic (exact) mass is 558 g/mol. The van der Waals surface area contributed by atoms with Crippen LogP contribution < -0.4 is 4.74 Å². The Morgan fingerprint density at radius 2 is 1.34 bits per heavy atom. The Balaban J connectivity index is 1.68. The SMILES string of the molecule is O=C(/C(O)=C/c1ccc(O)cc1)c1c(O)cc(O)c([C@H]2C(=O)c3c(O)cc(O)cc3O[C@@H]2c2ccc(O)cc2)c1O. The van der Waals surface area contributed by atoms with Crippen molar-refractivity contribution in [1.29, 1.82) is 0 Å². The fourth-order valence-electron chi connectivity index (χ4n) is 4.74. The first-order valence-electron chi connectivity index (χ1n) is 12.0. The third-order valence-electron chi connectivity index (χ3n) is 6.64.